The average Bonchev–Trinajstić information content (AvgIpc) is 2.19. The Morgan fingerprint density at radius 2 is 2.31 bits per heavy atom. The molecule has 1 aromatic rings. The Labute approximate surface area is 82.3 Å². The van der Waals surface area contributed by atoms with Gasteiger partial charge in [-0.1, -0.05) is 0 Å². The first-order valence-corrected chi connectivity index (χ1v) is 4.60. The van der Waals surface area contributed by atoms with E-state index in [0.717, 1.165) is 12.4 Å². The number of hydrogen-bond acceptors (Lipinski definition) is 4. The molecule has 72 valence electrons. The quantitative estimate of drug-likeness (QED) is 0.554. The van der Waals surface area contributed by atoms with Crippen molar-refractivity contribution in [2.24, 2.45) is 0 Å². The van der Waals surface area contributed by atoms with Crippen LogP contribution >= 0.6 is 11.6 Å². The largest absolute Gasteiger partial charge is 0.378 e. The van der Waals surface area contributed by atoms with Gasteiger partial charge in [0.2, 0.25) is 0 Å². The van der Waals surface area contributed by atoms with Gasteiger partial charge in [0.1, 0.15) is 5.82 Å². The lowest BCUT2D eigenvalue weighted by molar-refractivity contribution is 0.160. The van der Waals surface area contributed by atoms with Crippen LogP contribution in [0.15, 0.2) is 18.6 Å². The summed E-state index contributed by atoms with van der Waals surface area (Å²) in [5, 5.41) is 3.06. The lowest BCUT2D eigenvalue weighted by Crippen LogP contribution is -2.11. The van der Waals surface area contributed by atoms with Crippen molar-refractivity contribution in [2.75, 3.05) is 31.0 Å². The van der Waals surface area contributed by atoms with E-state index >= 15 is 0 Å². The van der Waals surface area contributed by atoms with Gasteiger partial charge in [-0.3, -0.25) is 4.98 Å². The fourth-order valence-corrected chi connectivity index (χ4v) is 0.907. The minimum absolute atomic E-state index is 0.533. The molecule has 0 atom stereocenters. The summed E-state index contributed by atoms with van der Waals surface area (Å²) in [4.78, 5) is 7.95. The van der Waals surface area contributed by atoms with Crippen LogP contribution in [0, 0.1) is 0 Å². The van der Waals surface area contributed by atoms with Crippen molar-refractivity contribution in [3.05, 3.63) is 18.6 Å². The molecule has 0 aliphatic rings. The van der Waals surface area contributed by atoms with Crippen LogP contribution in [0.25, 0.3) is 0 Å². The number of halogens is 1. The number of ether oxygens (including phenoxy) is 1. The minimum Gasteiger partial charge on any atom is -0.378 e. The van der Waals surface area contributed by atoms with E-state index in [1.165, 1.54) is 0 Å². The van der Waals surface area contributed by atoms with E-state index in [-0.39, 0.29) is 0 Å². The summed E-state index contributed by atoms with van der Waals surface area (Å²) in [6.45, 7) is 1.93. The standard InChI is InChI=1S/C8H12ClN3O/c9-1-5-13-6-4-12-8-7-10-2-3-11-8/h2-3,7H,1,4-6H2,(H,11,12). The summed E-state index contributed by atoms with van der Waals surface area (Å²) in [5.74, 6) is 1.29. The second-order valence-corrected chi connectivity index (χ2v) is 2.70. The molecule has 0 aliphatic heterocycles. The molecule has 0 bridgehead atoms. The van der Waals surface area contributed by atoms with Crippen LogP contribution in [-0.2, 0) is 4.74 Å². The molecule has 0 fully saturated rings. The summed E-state index contributed by atoms with van der Waals surface area (Å²) in [6, 6.07) is 0. The average molecular weight is 202 g/mol. The molecule has 0 unspecified atom stereocenters. The molecular formula is C8H12ClN3O. The maximum absolute atomic E-state index is 5.43. The van der Waals surface area contributed by atoms with Gasteiger partial charge in [-0.25, -0.2) is 4.98 Å². The molecule has 5 heteroatoms. The molecule has 0 aliphatic carbocycles. The Bertz CT molecular complexity index is 220. The number of hydrogen-bond donors (Lipinski definition) is 1. The lowest BCUT2D eigenvalue weighted by Gasteiger charge is -2.04. The fraction of sp³-hybridized carbons (Fsp3) is 0.500. The summed E-state index contributed by atoms with van der Waals surface area (Å²) < 4.78 is 5.16. The normalized spacial score (nSPS) is 9.92. The van der Waals surface area contributed by atoms with Crippen LogP contribution < -0.4 is 5.32 Å². The minimum atomic E-state index is 0.533. The molecule has 1 rings (SSSR count). The van der Waals surface area contributed by atoms with Crippen LogP contribution in [0.1, 0.15) is 0 Å². The Kier molecular flexibility index (Phi) is 5.20. The zero-order valence-corrected chi connectivity index (χ0v) is 8.00. The van der Waals surface area contributed by atoms with Gasteiger partial charge < -0.3 is 10.1 Å². The van der Waals surface area contributed by atoms with Crippen molar-refractivity contribution < 1.29 is 4.74 Å². The lowest BCUT2D eigenvalue weighted by atomic mass is 10.6. The SMILES string of the molecule is ClCCOCCNc1cnccn1. The number of aromatic nitrogens is 2. The topological polar surface area (TPSA) is 47.0 Å². The summed E-state index contributed by atoms with van der Waals surface area (Å²) in [5.41, 5.74) is 0. The maximum Gasteiger partial charge on any atom is 0.144 e. The predicted molar refractivity (Wildman–Crippen MR) is 52.1 cm³/mol. The third-order valence-corrected chi connectivity index (χ3v) is 1.49. The Morgan fingerprint density at radius 3 is 3.00 bits per heavy atom. The van der Waals surface area contributed by atoms with Gasteiger partial charge in [0, 0.05) is 24.8 Å². The van der Waals surface area contributed by atoms with E-state index in [9.17, 15) is 0 Å². The van der Waals surface area contributed by atoms with Crippen LogP contribution in [0.2, 0.25) is 0 Å². The smallest absolute Gasteiger partial charge is 0.144 e. The number of nitrogens with one attached hydrogen (secondary N) is 1. The molecule has 4 nitrogen and oxygen atoms in total. The highest BCUT2D eigenvalue weighted by Crippen LogP contribution is 1.95. The van der Waals surface area contributed by atoms with Gasteiger partial charge in [0.15, 0.2) is 0 Å². The van der Waals surface area contributed by atoms with E-state index in [1.54, 1.807) is 18.6 Å². The molecular weight excluding hydrogens is 190 g/mol. The van der Waals surface area contributed by atoms with Gasteiger partial charge in [0.25, 0.3) is 0 Å². The molecule has 0 amide bonds. The first-order valence-electron chi connectivity index (χ1n) is 4.07. The molecule has 1 heterocycles. The first kappa shape index (κ1) is 10.2. The van der Waals surface area contributed by atoms with Gasteiger partial charge in [-0.15, -0.1) is 11.6 Å². The van der Waals surface area contributed by atoms with Crippen molar-refractivity contribution >= 4 is 17.4 Å². The first-order chi connectivity index (χ1) is 6.43. The van der Waals surface area contributed by atoms with Crippen molar-refractivity contribution in [3.63, 3.8) is 0 Å². The number of nitrogens with zero attached hydrogens (tertiary/aromatic N) is 2. The van der Waals surface area contributed by atoms with Crippen molar-refractivity contribution in [1.29, 1.82) is 0 Å². The highest BCUT2D eigenvalue weighted by atomic mass is 35.5. The second-order valence-electron chi connectivity index (χ2n) is 2.32. The second kappa shape index (κ2) is 6.62. The van der Waals surface area contributed by atoms with Crippen LogP contribution in [0.5, 0.6) is 0 Å². The molecule has 1 aromatic heterocycles. The van der Waals surface area contributed by atoms with Gasteiger partial charge >= 0.3 is 0 Å². The number of alkyl halides is 1. The Morgan fingerprint density at radius 1 is 1.38 bits per heavy atom. The highest BCUT2D eigenvalue weighted by Gasteiger charge is 1.90. The maximum atomic E-state index is 5.43. The van der Waals surface area contributed by atoms with Gasteiger partial charge in [-0.2, -0.15) is 0 Å². The summed E-state index contributed by atoms with van der Waals surface area (Å²) >= 11 is 5.43. The molecule has 0 saturated carbocycles. The zero-order chi connectivity index (χ0) is 9.36. The van der Waals surface area contributed by atoms with Crippen molar-refractivity contribution in [1.82, 2.24) is 9.97 Å². The van der Waals surface area contributed by atoms with E-state index in [4.69, 9.17) is 16.3 Å². The third kappa shape index (κ3) is 4.65. The number of anilines is 1. The molecule has 1 N–H and O–H groups in total. The van der Waals surface area contributed by atoms with E-state index < -0.39 is 0 Å². The molecule has 0 spiro atoms. The van der Waals surface area contributed by atoms with E-state index in [0.29, 0.717) is 19.1 Å². The summed E-state index contributed by atoms with van der Waals surface area (Å²) in [7, 11) is 0. The Hall–Kier alpha value is -0.870. The van der Waals surface area contributed by atoms with Gasteiger partial charge in [-0.05, 0) is 0 Å². The van der Waals surface area contributed by atoms with Crippen molar-refractivity contribution in [3.8, 4) is 0 Å². The van der Waals surface area contributed by atoms with Crippen LogP contribution in [0.4, 0.5) is 5.82 Å². The zero-order valence-electron chi connectivity index (χ0n) is 7.24. The van der Waals surface area contributed by atoms with E-state index in [2.05, 4.69) is 15.3 Å². The van der Waals surface area contributed by atoms with Crippen LogP contribution in [-0.4, -0.2) is 35.6 Å². The number of rotatable bonds is 6. The highest BCUT2D eigenvalue weighted by molar-refractivity contribution is 6.17. The predicted octanol–water partition coefficient (Wildman–Crippen LogP) is 1.14. The molecule has 13 heavy (non-hydrogen) atoms. The summed E-state index contributed by atoms with van der Waals surface area (Å²) in [6.07, 6.45) is 4.94. The van der Waals surface area contributed by atoms with Crippen LogP contribution in [0.3, 0.4) is 0 Å². The van der Waals surface area contributed by atoms with E-state index in [1.807, 2.05) is 0 Å². The third-order valence-electron chi connectivity index (χ3n) is 1.34. The van der Waals surface area contributed by atoms with Crippen molar-refractivity contribution in [2.45, 2.75) is 0 Å². The Balaban J connectivity index is 2.07. The monoisotopic (exact) mass is 201 g/mol. The molecule has 0 saturated heterocycles. The molecule has 0 radical (unpaired) electrons. The van der Waals surface area contributed by atoms with Gasteiger partial charge in [0.05, 0.1) is 19.4 Å². The fourth-order valence-electron chi connectivity index (χ4n) is 0.798. The molecule has 0 aromatic carbocycles.